The Morgan fingerprint density at radius 1 is 1.00 bits per heavy atom. The van der Waals surface area contributed by atoms with Crippen LogP contribution in [0.3, 0.4) is 0 Å². The van der Waals surface area contributed by atoms with Crippen LogP contribution in [0.4, 0.5) is 4.39 Å². The summed E-state index contributed by atoms with van der Waals surface area (Å²) in [5.74, 6) is -1.14. The highest BCUT2D eigenvalue weighted by Gasteiger charge is 2.21. The molecular formula is C24H25FN2O3. The van der Waals surface area contributed by atoms with Crippen LogP contribution in [-0.4, -0.2) is 27.5 Å². The van der Waals surface area contributed by atoms with Gasteiger partial charge in [-0.1, -0.05) is 6.08 Å². The number of hydrogen-bond donors (Lipinski definition) is 0. The summed E-state index contributed by atoms with van der Waals surface area (Å²) in [6.45, 7) is 11.4. The Morgan fingerprint density at radius 3 is 2.27 bits per heavy atom. The molecule has 3 aromatic rings. The highest BCUT2D eigenvalue weighted by molar-refractivity contribution is 6.00. The summed E-state index contributed by atoms with van der Waals surface area (Å²) >= 11 is 0. The van der Waals surface area contributed by atoms with Crippen LogP contribution in [0.5, 0.6) is 0 Å². The number of hydrogen-bond acceptors (Lipinski definition) is 3. The molecule has 3 rings (SSSR count). The van der Waals surface area contributed by atoms with Gasteiger partial charge in [0.2, 0.25) is 5.78 Å². The van der Waals surface area contributed by atoms with Gasteiger partial charge in [-0.05, 0) is 64.1 Å². The third-order valence-corrected chi connectivity index (χ3v) is 5.26. The van der Waals surface area contributed by atoms with E-state index in [0.29, 0.717) is 23.4 Å². The maximum Gasteiger partial charge on any atom is 0.340 e. The number of Topliss-reactive ketones (excluding diaryl/α,β-unsaturated/α-hetero) is 1. The van der Waals surface area contributed by atoms with E-state index >= 15 is 0 Å². The number of benzene rings is 1. The molecule has 0 aliphatic carbocycles. The van der Waals surface area contributed by atoms with Crippen LogP contribution in [0.25, 0.3) is 5.69 Å². The number of ketones is 1. The summed E-state index contributed by atoms with van der Waals surface area (Å²) in [4.78, 5) is 25.3. The molecule has 5 nitrogen and oxygen atoms in total. The molecule has 0 amide bonds. The smallest absolute Gasteiger partial charge is 0.340 e. The van der Waals surface area contributed by atoms with Crippen molar-refractivity contribution in [3.05, 3.63) is 88.8 Å². The zero-order valence-electron chi connectivity index (χ0n) is 17.7. The molecule has 0 spiro atoms. The van der Waals surface area contributed by atoms with Gasteiger partial charge in [-0.2, -0.15) is 0 Å². The van der Waals surface area contributed by atoms with Crippen LogP contribution in [0, 0.1) is 33.5 Å². The molecular weight excluding hydrogens is 383 g/mol. The van der Waals surface area contributed by atoms with E-state index in [1.54, 1.807) is 37.3 Å². The summed E-state index contributed by atoms with van der Waals surface area (Å²) in [7, 11) is 0. The molecule has 0 N–H and O–H groups in total. The Labute approximate surface area is 175 Å². The number of allylic oxidation sites excluding steroid dienone is 1. The molecule has 30 heavy (non-hydrogen) atoms. The van der Waals surface area contributed by atoms with Crippen molar-refractivity contribution in [3.8, 4) is 5.69 Å². The normalized spacial score (nSPS) is 10.8. The molecule has 0 unspecified atom stereocenters. The molecule has 0 atom stereocenters. The SMILES string of the molecule is C=CCn1c(C)cc(C(=O)COC(=O)c2cc(C)n(-c3ccc(F)cc3)c2C)c1C. The van der Waals surface area contributed by atoms with Gasteiger partial charge in [-0.15, -0.1) is 6.58 Å². The Bertz CT molecular complexity index is 1120. The lowest BCUT2D eigenvalue weighted by molar-refractivity contribution is 0.0474. The first-order valence-electron chi connectivity index (χ1n) is 9.67. The molecule has 0 saturated heterocycles. The number of halogens is 1. The number of aryl methyl sites for hydroxylation is 2. The third-order valence-electron chi connectivity index (χ3n) is 5.26. The zero-order chi connectivity index (χ0) is 22.0. The second-order valence-electron chi connectivity index (χ2n) is 7.28. The molecule has 0 fully saturated rings. The number of carbonyl (C=O) groups is 2. The number of nitrogens with zero attached hydrogens (tertiary/aromatic N) is 2. The molecule has 0 saturated carbocycles. The molecule has 156 valence electrons. The van der Waals surface area contributed by atoms with Crippen LogP contribution < -0.4 is 0 Å². The lowest BCUT2D eigenvalue weighted by Crippen LogP contribution is -2.15. The average molecular weight is 408 g/mol. The van der Waals surface area contributed by atoms with Crippen LogP contribution in [0.2, 0.25) is 0 Å². The minimum atomic E-state index is -0.565. The first kappa shape index (κ1) is 21.3. The van der Waals surface area contributed by atoms with Crippen molar-refractivity contribution in [2.45, 2.75) is 34.2 Å². The van der Waals surface area contributed by atoms with E-state index < -0.39 is 5.97 Å². The summed E-state index contributed by atoms with van der Waals surface area (Å²) in [5.41, 5.74) is 4.91. The number of rotatable bonds is 7. The Balaban J connectivity index is 1.77. The fourth-order valence-corrected chi connectivity index (χ4v) is 3.74. The van der Waals surface area contributed by atoms with Crippen molar-refractivity contribution < 1.29 is 18.7 Å². The van der Waals surface area contributed by atoms with Gasteiger partial charge in [0.25, 0.3) is 0 Å². The molecule has 2 heterocycles. The van der Waals surface area contributed by atoms with Crippen LogP contribution >= 0.6 is 0 Å². The van der Waals surface area contributed by atoms with Crippen LogP contribution in [0.15, 0.2) is 49.1 Å². The van der Waals surface area contributed by atoms with Gasteiger partial charge in [-0.3, -0.25) is 4.79 Å². The maximum absolute atomic E-state index is 13.2. The van der Waals surface area contributed by atoms with Gasteiger partial charge in [0, 0.05) is 40.6 Å². The molecule has 0 aliphatic heterocycles. The molecule has 0 radical (unpaired) electrons. The van der Waals surface area contributed by atoms with Gasteiger partial charge in [0.15, 0.2) is 6.61 Å². The topological polar surface area (TPSA) is 53.2 Å². The van der Waals surface area contributed by atoms with Crippen molar-refractivity contribution >= 4 is 11.8 Å². The van der Waals surface area contributed by atoms with Gasteiger partial charge < -0.3 is 13.9 Å². The molecule has 0 bridgehead atoms. The van der Waals surface area contributed by atoms with Gasteiger partial charge in [0.1, 0.15) is 5.82 Å². The third kappa shape index (κ3) is 3.99. The fourth-order valence-electron chi connectivity index (χ4n) is 3.74. The predicted molar refractivity (Wildman–Crippen MR) is 114 cm³/mol. The summed E-state index contributed by atoms with van der Waals surface area (Å²) in [5, 5.41) is 0. The van der Waals surface area contributed by atoms with E-state index in [1.165, 1.54) is 12.1 Å². The van der Waals surface area contributed by atoms with Gasteiger partial charge in [0.05, 0.1) is 5.56 Å². The lowest BCUT2D eigenvalue weighted by atomic mass is 10.1. The zero-order valence-corrected chi connectivity index (χ0v) is 17.7. The van der Waals surface area contributed by atoms with Crippen molar-refractivity contribution in [2.24, 2.45) is 0 Å². The number of aromatic nitrogens is 2. The van der Waals surface area contributed by atoms with Crippen molar-refractivity contribution in [3.63, 3.8) is 0 Å². The quantitative estimate of drug-likeness (QED) is 0.318. The molecule has 2 aromatic heterocycles. The highest BCUT2D eigenvalue weighted by Crippen LogP contribution is 2.22. The standard InChI is InChI=1S/C24H25FN2O3/c1-6-11-26-15(2)12-21(17(26)4)23(28)14-30-24(29)22-13-16(3)27(18(22)5)20-9-7-19(25)8-10-20/h6-10,12-13H,1,11,14H2,2-5H3. The summed E-state index contributed by atoms with van der Waals surface area (Å²) < 4.78 is 22.4. The van der Waals surface area contributed by atoms with E-state index in [0.717, 1.165) is 22.8 Å². The van der Waals surface area contributed by atoms with Crippen molar-refractivity contribution in [1.29, 1.82) is 0 Å². The minimum absolute atomic E-state index is 0.251. The monoisotopic (exact) mass is 408 g/mol. The fraction of sp³-hybridized carbons (Fsp3) is 0.250. The number of esters is 1. The number of ether oxygens (including phenoxy) is 1. The minimum Gasteiger partial charge on any atom is -0.454 e. The Morgan fingerprint density at radius 2 is 1.63 bits per heavy atom. The van der Waals surface area contributed by atoms with Crippen LogP contribution in [0.1, 0.15) is 43.5 Å². The highest BCUT2D eigenvalue weighted by atomic mass is 19.1. The second-order valence-corrected chi connectivity index (χ2v) is 7.28. The number of carbonyl (C=O) groups excluding carboxylic acids is 2. The van der Waals surface area contributed by atoms with Gasteiger partial charge >= 0.3 is 5.97 Å². The largest absolute Gasteiger partial charge is 0.454 e. The summed E-state index contributed by atoms with van der Waals surface area (Å²) in [6.07, 6.45) is 1.77. The van der Waals surface area contributed by atoms with E-state index in [2.05, 4.69) is 6.58 Å². The van der Waals surface area contributed by atoms with E-state index in [1.807, 2.05) is 29.9 Å². The van der Waals surface area contributed by atoms with E-state index in [9.17, 15) is 14.0 Å². The van der Waals surface area contributed by atoms with Gasteiger partial charge in [-0.25, -0.2) is 9.18 Å². The molecule has 0 aliphatic rings. The van der Waals surface area contributed by atoms with Crippen molar-refractivity contribution in [1.82, 2.24) is 9.13 Å². The second kappa shape index (κ2) is 8.53. The Hall–Kier alpha value is -3.41. The first-order chi connectivity index (χ1) is 14.2. The average Bonchev–Trinajstić information content (AvgIpc) is 3.17. The first-order valence-corrected chi connectivity index (χ1v) is 9.67. The summed E-state index contributed by atoms with van der Waals surface area (Å²) in [6, 6.07) is 9.54. The Kier molecular flexibility index (Phi) is 6.06. The maximum atomic E-state index is 13.2. The van der Waals surface area contributed by atoms with E-state index in [4.69, 9.17) is 4.74 Å². The van der Waals surface area contributed by atoms with Crippen LogP contribution in [-0.2, 0) is 11.3 Å². The molecule has 6 heteroatoms. The van der Waals surface area contributed by atoms with E-state index in [-0.39, 0.29) is 18.2 Å². The molecule has 1 aromatic carbocycles. The predicted octanol–water partition coefficient (Wildman–Crippen LogP) is 4.88. The van der Waals surface area contributed by atoms with Crippen molar-refractivity contribution in [2.75, 3.05) is 6.61 Å². The lowest BCUT2D eigenvalue weighted by Gasteiger charge is -2.10.